The Morgan fingerprint density at radius 2 is 1.94 bits per heavy atom. The Morgan fingerprint density at radius 1 is 1.35 bits per heavy atom. The lowest BCUT2D eigenvalue weighted by molar-refractivity contribution is 0.226. The van der Waals surface area contributed by atoms with Crippen LogP contribution in [0.1, 0.15) is 31.4 Å². The van der Waals surface area contributed by atoms with Crippen LogP contribution in [0.15, 0.2) is 12.1 Å². The van der Waals surface area contributed by atoms with Crippen molar-refractivity contribution in [3.63, 3.8) is 0 Å². The molecular formula is C13H19F2NO. The van der Waals surface area contributed by atoms with Crippen molar-refractivity contribution in [1.29, 1.82) is 0 Å². The predicted molar refractivity (Wildman–Crippen MR) is 63.8 cm³/mol. The van der Waals surface area contributed by atoms with Gasteiger partial charge in [0.2, 0.25) is 0 Å². The lowest BCUT2D eigenvalue weighted by Gasteiger charge is -2.34. The second-order valence-electron chi connectivity index (χ2n) is 4.76. The minimum atomic E-state index is -0.770. The summed E-state index contributed by atoms with van der Waals surface area (Å²) in [6.45, 7) is 4.86. The van der Waals surface area contributed by atoms with Crippen molar-refractivity contribution in [3.8, 4) is 0 Å². The molecule has 0 aliphatic carbocycles. The highest BCUT2D eigenvalue weighted by Gasteiger charge is 2.33. The number of halogens is 2. The van der Waals surface area contributed by atoms with Crippen LogP contribution in [-0.4, -0.2) is 17.8 Å². The van der Waals surface area contributed by atoms with E-state index in [0.29, 0.717) is 6.42 Å². The molecule has 0 heterocycles. The van der Waals surface area contributed by atoms with Gasteiger partial charge in [-0.2, -0.15) is 0 Å². The zero-order chi connectivity index (χ0) is 13.2. The number of aryl methyl sites for hydroxylation is 1. The molecule has 4 heteroatoms. The summed E-state index contributed by atoms with van der Waals surface area (Å²) >= 11 is 0. The maximum absolute atomic E-state index is 13.9. The topological polar surface area (TPSA) is 46.2 Å². The number of benzene rings is 1. The van der Waals surface area contributed by atoms with Crippen LogP contribution in [0, 0.1) is 18.6 Å². The van der Waals surface area contributed by atoms with E-state index in [2.05, 4.69) is 0 Å². The van der Waals surface area contributed by atoms with Gasteiger partial charge in [0.15, 0.2) is 0 Å². The molecule has 0 saturated carbocycles. The lowest BCUT2D eigenvalue weighted by Crippen LogP contribution is -2.42. The van der Waals surface area contributed by atoms with E-state index in [4.69, 9.17) is 10.8 Å². The molecule has 0 fully saturated rings. The summed E-state index contributed by atoms with van der Waals surface area (Å²) in [5, 5.41) is 9.06. The summed E-state index contributed by atoms with van der Waals surface area (Å²) in [5.41, 5.74) is 5.57. The van der Waals surface area contributed by atoms with Gasteiger partial charge in [-0.05, 0) is 43.5 Å². The van der Waals surface area contributed by atoms with Crippen LogP contribution in [0.25, 0.3) is 0 Å². The van der Waals surface area contributed by atoms with E-state index in [1.807, 2.05) is 0 Å². The molecule has 1 rings (SSSR count). The Labute approximate surface area is 100 Å². The van der Waals surface area contributed by atoms with Gasteiger partial charge in [0, 0.05) is 18.1 Å². The van der Waals surface area contributed by atoms with Crippen molar-refractivity contribution in [2.75, 3.05) is 6.61 Å². The van der Waals surface area contributed by atoms with Crippen molar-refractivity contribution in [2.24, 2.45) is 5.73 Å². The molecule has 2 atom stereocenters. The first-order valence-corrected chi connectivity index (χ1v) is 5.65. The monoisotopic (exact) mass is 243 g/mol. The molecule has 0 spiro atoms. The van der Waals surface area contributed by atoms with Gasteiger partial charge in [-0.3, -0.25) is 0 Å². The fourth-order valence-electron chi connectivity index (χ4n) is 1.92. The van der Waals surface area contributed by atoms with E-state index in [1.165, 1.54) is 19.1 Å². The average molecular weight is 243 g/mol. The molecule has 96 valence electrons. The summed E-state index contributed by atoms with van der Waals surface area (Å²) in [7, 11) is 0. The van der Waals surface area contributed by atoms with Gasteiger partial charge in [0.1, 0.15) is 11.6 Å². The number of nitrogens with two attached hydrogens (primary N) is 1. The summed E-state index contributed by atoms with van der Waals surface area (Å²) in [5.74, 6) is -0.927. The van der Waals surface area contributed by atoms with Gasteiger partial charge in [-0.15, -0.1) is 0 Å². The fourth-order valence-corrected chi connectivity index (χ4v) is 1.92. The SMILES string of the molecule is Cc1cc(F)c(C(C)(CCO)C(C)N)cc1F. The van der Waals surface area contributed by atoms with Crippen LogP contribution < -0.4 is 5.73 Å². The molecule has 17 heavy (non-hydrogen) atoms. The van der Waals surface area contributed by atoms with Crippen LogP contribution in [0.5, 0.6) is 0 Å². The molecule has 0 radical (unpaired) electrons. The highest BCUT2D eigenvalue weighted by atomic mass is 19.1. The molecule has 2 nitrogen and oxygen atoms in total. The minimum Gasteiger partial charge on any atom is -0.396 e. The minimum absolute atomic E-state index is 0.118. The maximum Gasteiger partial charge on any atom is 0.127 e. The van der Waals surface area contributed by atoms with Gasteiger partial charge in [-0.1, -0.05) is 6.92 Å². The first-order valence-electron chi connectivity index (χ1n) is 5.65. The van der Waals surface area contributed by atoms with Crippen molar-refractivity contribution >= 4 is 0 Å². The highest BCUT2D eigenvalue weighted by Crippen LogP contribution is 2.33. The largest absolute Gasteiger partial charge is 0.396 e. The Hall–Kier alpha value is -1.00. The third-order valence-electron chi connectivity index (χ3n) is 3.50. The molecule has 2 unspecified atom stereocenters. The molecule has 0 aliphatic rings. The average Bonchev–Trinajstić information content (AvgIpc) is 2.23. The Balaban J connectivity index is 3.33. The Morgan fingerprint density at radius 3 is 2.41 bits per heavy atom. The van der Waals surface area contributed by atoms with Crippen molar-refractivity contribution in [1.82, 2.24) is 0 Å². The molecule has 0 saturated heterocycles. The van der Waals surface area contributed by atoms with Crippen molar-refractivity contribution in [3.05, 3.63) is 34.9 Å². The van der Waals surface area contributed by atoms with Crippen molar-refractivity contribution < 1.29 is 13.9 Å². The van der Waals surface area contributed by atoms with Crippen LogP contribution in [0.4, 0.5) is 8.78 Å². The molecule has 0 bridgehead atoms. The number of aliphatic hydroxyl groups is 1. The number of hydrogen-bond acceptors (Lipinski definition) is 2. The van der Waals surface area contributed by atoms with E-state index >= 15 is 0 Å². The van der Waals surface area contributed by atoms with E-state index in [1.54, 1.807) is 13.8 Å². The van der Waals surface area contributed by atoms with Gasteiger partial charge in [-0.25, -0.2) is 8.78 Å². The molecule has 0 amide bonds. The summed E-state index contributed by atoms with van der Waals surface area (Å²) in [6, 6.07) is 1.97. The molecule has 3 N–H and O–H groups in total. The van der Waals surface area contributed by atoms with E-state index < -0.39 is 17.0 Å². The van der Waals surface area contributed by atoms with Crippen molar-refractivity contribution in [2.45, 2.75) is 38.6 Å². The standard InChI is InChI=1S/C13H19F2NO/c1-8-6-12(15)10(7-11(8)14)13(3,4-5-17)9(2)16/h6-7,9,17H,4-5,16H2,1-3H3. The van der Waals surface area contributed by atoms with Crippen LogP contribution in [0.3, 0.4) is 0 Å². The number of hydrogen-bond donors (Lipinski definition) is 2. The van der Waals surface area contributed by atoms with Gasteiger partial charge in [0.05, 0.1) is 0 Å². The molecule has 0 aliphatic heterocycles. The Bertz CT molecular complexity index is 407. The molecule has 0 aromatic heterocycles. The van der Waals surface area contributed by atoms with Crippen LogP contribution in [0.2, 0.25) is 0 Å². The summed E-state index contributed by atoms with van der Waals surface area (Å²) in [4.78, 5) is 0. The summed E-state index contributed by atoms with van der Waals surface area (Å²) < 4.78 is 27.4. The highest BCUT2D eigenvalue weighted by molar-refractivity contribution is 5.32. The van der Waals surface area contributed by atoms with Crippen LogP contribution >= 0.6 is 0 Å². The van der Waals surface area contributed by atoms with Gasteiger partial charge >= 0.3 is 0 Å². The van der Waals surface area contributed by atoms with Gasteiger partial charge < -0.3 is 10.8 Å². The lowest BCUT2D eigenvalue weighted by atomic mass is 9.74. The second-order valence-corrected chi connectivity index (χ2v) is 4.76. The number of rotatable bonds is 4. The normalized spacial score (nSPS) is 16.6. The van der Waals surface area contributed by atoms with Gasteiger partial charge in [0.25, 0.3) is 0 Å². The zero-order valence-corrected chi connectivity index (χ0v) is 10.4. The third-order valence-corrected chi connectivity index (χ3v) is 3.50. The molecule has 1 aromatic carbocycles. The predicted octanol–water partition coefficient (Wildman–Crippen LogP) is 2.26. The maximum atomic E-state index is 13.9. The smallest absolute Gasteiger partial charge is 0.127 e. The summed E-state index contributed by atoms with van der Waals surface area (Å²) in [6.07, 6.45) is 0.296. The zero-order valence-electron chi connectivity index (χ0n) is 10.4. The first kappa shape index (κ1) is 14.1. The molecule has 1 aromatic rings. The fraction of sp³-hybridized carbons (Fsp3) is 0.538. The Kier molecular flexibility index (Phi) is 4.22. The number of aliphatic hydroxyl groups excluding tert-OH is 1. The van der Waals surface area contributed by atoms with E-state index in [-0.39, 0.29) is 23.8 Å². The van der Waals surface area contributed by atoms with E-state index in [9.17, 15) is 8.78 Å². The second kappa shape index (κ2) is 5.10. The van der Waals surface area contributed by atoms with Crippen LogP contribution in [-0.2, 0) is 5.41 Å². The quantitative estimate of drug-likeness (QED) is 0.852. The molecular weight excluding hydrogens is 224 g/mol. The third kappa shape index (κ3) is 2.64. The first-order chi connectivity index (χ1) is 7.82. The van der Waals surface area contributed by atoms with E-state index in [0.717, 1.165) is 0 Å².